The van der Waals surface area contributed by atoms with Gasteiger partial charge < -0.3 is 14.5 Å². The van der Waals surface area contributed by atoms with E-state index in [-0.39, 0.29) is 5.91 Å². The number of ether oxygens (including phenoxy) is 1. The molecular formula is C23H27N3O2. The van der Waals surface area contributed by atoms with Crippen LogP contribution in [0.2, 0.25) is 0 Å². The molecule has 1 amide bonds. The van der Waals surface area contributed by atoms with Crippen LogP contribution in [0.25, 0.3) is 0 Å². The van der Waals surface area contributed by atoms with Gasteiger partial charge in [0.15, 0.2) is 0 Å². The number of benzene rings is 2. The van der Waals surface area contributed by atoms with Crippen LogP contribution in [-0.2, 0) is 0 Å². The topological polar surface area (TPSA) is 56.6 Å². The molecule has 146 valence electrons. The van der Waals surface area contributed by atoms with Crippen molar-refractivity contribution >= 4 is 11.6 Å². The summed E-state index contributed by atoms with van der Waals surface area (Å²) in [5, 5.41) is 8.94. The Morgan fingerprint density at radius 1 is 1.04 bits per heavy atom. The monoisotopic (exact) mass is 377 g/mol. The molecule has 28 heavy (non-hydrogen) atoms. The summed E-state index contributed by atoms with van der Waals surface area (Å²) in [7, 11) is 0. The van der Waals surface area contributed by atoms with Crippen LogP contribution in [0.5, 0.6) is 5.75 Å². The van der Waals surface area contributed by atoms with Crippen LogP contribution in [-0.4, -0.2) is 43.6 Å². The van der Waals surface area contributed by atoms with Gasteiger partial charge in [0, 0.05) is 37.4 Å². The van der Waals surface area contributed by atoms with Gasteiger partial charge >= 0.3 is 0 Å². The number of carbonyl (C=O) groups is 1. The van der Waals surface area contributed by atoms with Gasteiger partial charge in [0.1, 0.15) is 5.75 Å². The van der Waals surface area contributed by atoms with Gasteiger partial charge in [-0.25, -0.2) is 0 Å². The van der Waals surface area contributed by atoms with Crippen LogP contribution >= 0.6 is 0 Å². The molecule has 1 aliphatic rings. The van der Waals surface area contributed by atoms with Crippen LogP contribution in [0.15, 0.2) is 48.5 Å². The van der Waals surface area contributed by atoms with Crippen LogP contribution in [0.3, 0.4) is 0 Å². The van der Waals surface area contributed by atoms with Crippen molar-refractivity contribution in [2.45, 2.75) is 26.2 Å². The van der Waals surface area contributed by atoms with Crippen molar-refractivity contribution in [3.63, 3.8) is 0 Å². The number of amides is 1. The first-order valence-electron chi connectivity index (χ1n) is 9.98. The fraction of sp³-hybridized carbons (Fsp3) is 0.391. The first kappa shape index (κ1) is 19.8. The van der Waals surface area contributed by atoms with Gasteiger partial charge in [-0.3, -0.25) is 4.79 Å². The highest BCUT2D eigenvalue weighted by atomic mass is 16.5. The summed E-state index contributed by atoms with van der Waals surface area (Å²) in [6, 6.07) is 17.3. The van der Waals surface area contributed by atoms with Crippen molar-refractivity contribution in [3.8, 4) is 11.8 Å². The summed E-state index contributed by atoms with van der Waals surface area (Å²) in [4.78, 5) is 17.1. The van der Waals surface area contributed by atoms with Gasteiger partial charge in [-0.2, -0.15) is 5.26 Å². The van der Waals surface area contributed by atoms with E-state index in [4.69, 9.17) is 10.00 Å². The Labute approximate surface area is 167 Å². The van der Waals surface area contributed by atoms with Crippen molar-refractivity contribution in [2.24, 2.45) is 0 Å². The molecule has 5 nitrogen and oxygen atoms in total. The van der Waals surface area contributed by atoms with E-state index in [9.17, 15) is 4.79 Å². The zero-order valence-electron chi connectivity index (χ0n) is 16.4. The predicted molar refractivity (Wildman–Crippen MR) is 111 cm³/mol. The van der Waals surface area contributed by atoms with Gasteiger partial charge in [0.2, 0.25) is 0 Å². The molecule has 1 saturated heterocycles. The summed E-state index contributed by atoms with van der Waals surface area (Å²) in [5.74, 6) is 0.884. The average molecular weight is 377 g/mol. The minimum Gasteiger partial charge on any atom is -0.494 e. The molecular weight excluding hydrogens is 350 g/mol. The Morgan fingerprint density at radius 3 is 2.46 bits per heavy atom. The molecule has 3 rings (SSSR count). The van der Waals surface area contributed by atoms with E-state index in [0.29, 0.717) is 24.3 Å². The summed E-state index contributed by atoms with van der Waals surface area (Å²) >= 11 is 0. The van der Waals surface area contributed by atoms with Crippen molar-refractivity contribution in [2.75, 3.05) is 37.7 Å². The Kier molecular flexibility index (Phi) is 6.91. The molecule has 0 aromatic heterocycles. The number of anilines is 1. The molecule has 2 aromatic rings. The maximum absolute atomic E-state index is 12.9. The molecule has 0 spiro atoms. The third-order valence-electron chi connectivity index (χ3n) is 5.01. The molecule has 0 aliphatic carbocycles. The van der Waals surface area contributed by atoms with Crippen molar-refractivity contribution in [1.29, 1.82) is 5.26 Å². The standard InChI is InChI=1S/C23H27N3O2/c1-2-3-17-28-22-11-7-20(8-12-22)23(27)26-14-4-13-25(15-16-26)21-9-5-19(18-24)6-10-21/h5-12H,2-4,13-17H2,1H3. The summed E-state index contributed by atoms with van der Waals surface area (Å²) in [5.41, 5.74) is 2.47. The maximum atomic E-state index is 12.9. The third-order valence-corrected chi connectivity index (χ3v) is 5.01. The molecule has 1 fully saturated rings. The highest BCUT2D eigenvalue weighted by molar-refractivity contribution is 5.94. The van der Waals surface area contributed by atoms with Crippen molar-refractivity contribution in [3.05, 3.63) is 59.7 Å². The molecule has 0 saturated carbocycles. The molecule has 1 aliphatic heterocycles. The smallest absolute Gasteiger partial charge is 0.253 e. The molecule has 0 radical (unpaired) electrons. The largest absolute Gasteiger partial charge is 0.494 e. The second-order valence-electron chi connectivity index (χ2n) is 7.02. The number of nitriles is 1. The van der Waals surface area contributed by atoms with Gasteiger partial charge in [-0.1, -0.05) is 13.3 Å². The van der Waals surface area contributed by atoms with E-state index in [1.165, 1.54) is 0 Å². The first-order chi connectivity index (χ1) is 13.7. The zero-order valence-corrected chi connectivity index (χ0v) is 16.4. The number of unbranched alkanes of at least 4 members (excludes halogenated alkanes) is 1. The Morgan fingerprint density at radius 2 is 1.79 bits per heavy atom. The quantitative estimate of drug-likeness (QED) is 0.712. The maximum Gasteiger partial charge on any atom is 0.253 e. The van der Waals surface area contributed by atoms with Crippen molar-refractivity contribution in [1.82, 2.24) is 4.90 Å². The van der Waals surface area contributed by atoms with Crippen LogP contribution in [0, 0.1) is 11.3 Å². The molecule has 0 bridgehead atoms. The fourth-order valence-corrected chi connectivity index (χ4v) is 3.34. The highest BCUT2D eigenvalue weighted by Gasteiger charge is 2.20. The number of rotatable bonds is 6. The minimum absolute atomic E-state index is 0.0711. The number of hydrogen-bond acceptors (Lipinski definition) is 4. The lowest BCUT2D eigenvalue weighted by Gasteiger charge is -2.24. The zero-order chi connectivity index (χ0) is 19.8. The number of carbonyl (C=O) groups excluding carboxylic acids is 1. The lowest BCUT2D eigenvalue weighted by molar-refractivity contribution is 0.0767. The van der Waals surface area contributed by atoms with E-state index in [1.807, 2.05) is 53.4 Å². The van der Waals surface area contributed by atoms with Gasteiger partial charge in [-0.15, -0.1) is 0 Å². The Balaban J connectivity index is 1.58. The molecule has 1 heterocycles. The second-order valence-corrected chi connectivity index (χ2v) is 7.02. The number of nitrogens with zero attached hydrogens (tertiary/aromatic N) is 3. The Hall–Kier alpha value is -3.00. The fourth-order valence-electron chi connectivity index (χ4n) is 3.34. The lowest BCUT2D eigenvalue weighted by Crippen LogP contribution is -2.35. The Bertz CT molecular complexity index is 809. The van der Waals surface area contributed by atoms with E-state index >= 15 is 0 Å². The summed E-state index contributed by atoms with van der Waals surface area (Å²) in [6.07, 6.45) is 3.05. The van der Waals surface area contributed by atoms with Gasteiger partial charge in [0.25, 0.3) is 5.91 Å². The molecule has 0 atom stereocenters. The predicted octanol–water partition coefficient (Wildman–Crippen LogP) is 4.09. The van der Waals surface area contributed by atoms with E-state index in [0.717, 1.165) is 50.3 Å². The van der Waals surface area contributed by atoms with Crippen LogP contribution < -0.4 is 9.64 Å². The first-order valence-corrected chi connectivity index (χ1v) is 9.98. The van der Waals surface area contributed by atoms with Gasteiger partial charge in [-0.05, 0) is 61.4 Å². The third kappa shape index (κ3) is 5.04. The lowest BCUT2D eigenvalue weighted by atomic mass is 10.2. The van der Waals surface area contributed by atoms with Gasteiger partial charge in [0.05, 0.1) is 18.2 Å². The number of hydrogen-bond donors (Lipinski definition) is 0. The normalized spacial score (nSPS) is 14.3. The van der Waals surface area contributed by atoms with E-state index in [2.05, 4.69) is 17.9 Å². The molecule has 0 unspecified atom stereocenters. The second kappa shape index (κ2) is 9.80. The van der Waals surface area contributed by atoms with Crippen molar-refractivity contribution < 1.29 is 9.53 Å². The van der Waals surface area contributed by atoms with E-state index in [1.54, 1.807) is 0 Å². The minimum atomic E-state index is 0.0711. The van der Waals surface area contributed by atoms with E-state index < -0.39 is 0 Å². The molecule has 0 N–H and O–H groups in total. The van der Waals surface area contributed by atoms with Crippen LogP contribution in [0.4, 0.5) is 5.69 Å². The SMILES string of the molecule is CCCCOc1ccc(C(=O)N2CCCN(c3ccc(C#N)cc3)CC2)cc1. The summed E-state index contributed by atoms with van der Waals surface area (Å²) < 4.78 is 5.67. The molecule has 2 aromatic carbocycles. The van der Waals surface area contributed by atoms with Crippen LogP contribution in [0.1, 0.15) is 42.1 Å². The molecule has 5 heteroatoms. The average Bonchev–Trinajstić information content (AvgIpc) is 3.00. The highest BCUT2D eigenvalue weighted by Crippen LogP contribution is 2.19. The summed E-state index contributed by atoms with van der Waals surface area (Å²) in [6.45, 7) is 5.97.